The van der Waals surface area contributed by atoms with Crippen molar-refractivity contribution in [1.82, 2.24) is 14.5 Å². The monoisotopic (exact) mass is 513 g/mol. The van der Waals surface area contributed by atoms with Gasteiger partial charge in [0.05, 0.1) is 34.8 Å². The van der Waals surface area contributed by atoms with Gasteiger partial charge in [-0.3, -0.25) is 4.57 Å². The number of hydrogen-bond acceptors (Lipinski definition) is 4. The molecule has 1 aliphatic carbocycles. The fraction of sp³-hybridized carbons (Fsp3) is 0.259. The zero-order valence-corrected chi connectivity index (χ0v) is 20.2. The summed E-state index contributed by atoms with van der Waals surface area (Å²) in [6.45, 7) is 0. The van der Waals surface area contributed by atoms with Gasteiger partial charge in [-0.15, -0.1) is 0 Å². The number of nitrogens with zero attached hydrogens (tertiary/aromatic N) is 3. The van der Waals surface area contributed by atoms with E-state index in [0.717, 1.165) is 43.5 Å². The summed E-state index contributed by atoms with van der Waals surface area (Å²) < 4.78 is 53.0. The fourth-order valence-electron chi connectivity index (χ4n) is 4.42. The van der Waals surface area contributed by atoms with Crippen LogP contribution in [-0.4, -0.2) is 27.7 Å². The number of ether oxygens (including phenoxy) is 2. The lowest BCUT2D eigenvalue weighted by Crippen LogP contribution is -2.12. The Kier molecular flexibility index (Phi) is 6.62. The van der Waals surface area contributed by atoms with E-state index in [1.807, 2.05) is 48.5 Å². The van der Waals surface area contributed by atoms with E-state index in [2.05, 4.69) is 9.97 Å². The number of imidazole rings is 1. The van der Waals surface area contributed by atoms with Crippen LogP contribution in [0.2, 0.25) is 5.02 Å². The van der Waals surface area contributed by atoms with Gasteiger partial charge < -0.3 is 9.47 Å². The van der Waals surface area contributed by atoms with Crippen LogP contribution in [0, 0.1) is 0 Å². The van der Waals surface area contributed by atoms with Crippen molar-refractivity contribution < 1.29 is 22.6 Å². The molecule has 0 N–H and O–H groups in total. The highest BCUT2D eigenvalue weighted by Gasteiger charge is 2.32. The van der Waals surface area contributed by atoms with E-state index in [9.17, 15) is 13.2 Å². The molecule has 0 radical (unpaired) electrons. The smallest absolute Gasteiger partial charge is 0.417 e. The zero-order valence-electron chi connectivity index (χ0n) is 19.4. The molecule has 4 aromatic rings. The molecule has 1 fully saturated rings. The standard InChI is InChI=1S/C27H23ClF3N3O2/c1-35-23-12-6-7-17(25(23)36-19-8-2-3-9-19)13-14-24-33-21-10-4-5-11-22(21)34(24)26-20(28)15-18(16-32-26)27(29,30)31/h4-7,10-16,19H,2-3,8-9H2,1H3. The van der Waals surface area contributed by atoms with Gasteiger partial charge in [0.15, 0.2) is 17.3 Å². The topological polar surface area (TPSA) is 49.2 Å². The number of para-hydroxylation sites is 3. The van der Waals surface area contributed by atoms with Crippen LogP contribution in [0.5, 0.6) is 11.5 Å². The van der Waals surface area contributed by atoms with Gasteiger partial charge in [0.2, 0.25) is 0 Å². The van der Waals surface area contributed by atoms with Crippen LogP contribution in [0.1, 0.15) is 42.6 Å². The van der Waals surface area contributed by atoms with Gasteiger partial charge in [-0.2, -0.15) is 13.2 Å². The third-order valence-corrected chi connectivity index (χ3v) is 6.45. The van der Waals surface area contributed by atoms with Crippen LogP contribution in [0.4, 0.5) is 13.2 Å². The Balaban J connectivity index is 1.59. The molecule has 9 heteroatoms. The molecular weight excluding hydrogens is 491 g/mol. The van der Waals surface area contributed by atoms with Gasteiger partial charge in [0.25, 0.3) is 0 Å². The SMILES string of the molecule is COc1cccc(C=Cc2nc3ccccc3n2-c2ncc(C(F)(F)F)cc2Cl)c1OC1CCCC1. The summed E-state index contributed by atoms with van der Waals surface area (Å²) in [6.07, 6.45) is 4.24. The Hall–Kier alpha value is -3.52. The first-order valence-corrected chi connectivity index (χ1v) is 12.0. The highest BCUT2D eigenvalue weighted by molar-refractivity contribution is 6.32. The van der Waals surface area contributed by atoms with E-state index in [0.29, 0.717) is 28.4 Å². The molecule has 0 saturated heterocycles. The first-order valence-electron chi connectivity index (χ1n) is 11.6. The van der Waals surface area contributed by atoms with Gasteiger partial charge in [0, 0.05) is 11.8 Å². The van der Waals surface area contributed by atoms with Gasteiger partial charge in [0.1, 0.15) is 5.82 Å². The third-order valence-electron chi connectivity index (χ3n) is 6.18. The van der Waals surface area contributed by atoms with Crippen molar-refractivity contribution in [3.63, 3.8) is 0 Å². The fourth-order valence-corrected chi connectivity index (χ4v) is 4.67. The number of methoxy groups -OCH3 is 1. The molecule has 0 amide bonds. The molecule has 0 atom stereocenters. The second-order valence-electron chi connectivity index (χ2n) is 8.56. The summed E-state index contributed by atoms with van der Waals surface area (Å²) in [5, 5.41) is -0.130. The average Bonchev–Trinajstić information content (AvgIpc) is 3.50. The molecule has 36 heavy (non-hydrogen) atoms. The second-order valence-corrected chi connectivity index (χ2v) is 8.96. The normalized spacial score (nSPS) is 14.7. The predicted molar refractivity (Wildman–Crippen MR) is 134 cm³/mol. The Morgan fingerprint density at radius 3 is 2.56 bits per heavy atom. The van der Waals surface area contributed by atoms with Crippen LogP contribution in [0.3, 0.4) is 0 Å². The number of alkyl halides is 3. The third kappa shape index (κ3) is 4.78. The lowest BCUT2D eigenvalue weighted by atomic mass is 10.1. The minimum atomic E-state index is -4.54. The summed E-state index contributed by atoms with van der Waals surface area (Å²) in [4.78, 5) is 8.73. The molecule has 0 aliphatic heterocycles. The lowest BCUT2D eigenvalue weighted by molar-refractivity contribution is -0.137. The van der Waals surface area contributed by atoms with Crippen LogP contribution in [0.15, 0.2) is 54.7 Å². The van der Waals surface area contributed by atoms with Gasteiger partial charge in [-0.25, -0.2) is 9.97 Å². The number of aromatic nitrogens is 3. The molecule has 2 heterocycles. The molecule has 0 spiro atoms. The lowest BCUT2D eigenvalue weighted by Gasteiger charge is -2.18. The van der Waals surface area contributed by atoms with Gasteiger partial charge in [-0.1, -0.05) is 35.9 Å². The first-order chi connectivity index (χ1) is 17.3. The summed E-state index contributed by atoms with van der Waals surface area (Å²) in [5.74, 6) is 1.90. The van der Waals surface area contributed by atoms with Crippen molar-refractivity contribution >= 4 is 34.8 Å². The first kappa shape index (κ1) is 24.2. The second kappa shape index (κ2) is 9.85. The maximum absolute atomic E-state index is 13.2. The van der Waals surface area contributed by atoms with Crippen LogP contribution in [-0.2, 0) is 6.18 Å². The molecule has 1 saturated carbocycles. The number of halogens is 4. The summed E-state index contributed by atoms with van der Waals surface area (Å²) in [7, 11) is 1.60. The maximum Gasteiger partial charge on any atom is 0.417 e. The maximum atomic E-state index is 13.2. The van der Waals surface area contributed by atoms with E-state index < -0.39 is 11.7 Å². The van der Waals surface area contributed by atoms with E-state index >= 15 is 0 Å². The zero-order chi connectivity index (χ0) is 25.3. The van der Waals surface area contributed by atoms with Gasteiger partial charge in [-0.05, 0) is 62.1 Å². The molecule has 0 bridgehead atoms. The van der Waals surface area contributed by atoms with E-state index in [1.54, 1.807) is 17.8 Å². The molecule has 186 valence electrons. The van der Waals surface area contributed by atoms with E-state index in [-0.39, 0.29) is 16.9 Å². The number of rotatable bonds is 6. The van der Waals surface area contributed by atoms with Crippen LogP contribution >= 0.6 is 11.6 Å². The van der Waals surface area contributed by atoms with Crippen molar-refractivity contribution in [3.8, 4) is 17.3 Å². The quantitative estimate of drug-likeness (QED) is 0.266. The van der Waals surface area contributed by atoms with Crippen LogP contribution in [0.25, 0.3) is 29.0 Å². The Bertz CT molecular complexity index is 1430. The highest BCUT2D eigenvalue weighted by atomic mass is 35.5. The van der Waals surface area contributed by atoms with E-state index in [4.69, 9.17) is 21.1 Å². The summed E-state index contributed by atoms with van der Waals surface area (Å²) >= 11 is 6.30. The molecule has 5 nitrogen and oxygen atoms in total. The van der Waals surface area contributed by atoms with Crippen molar-refractivity contribution in [2.75, 3.05) is 7.11 Å². The Morgan fingerprint density at radius 2 is 1.83 bits per heavy atom. The molecule has 2 aromatic carbocycles. The van der Waals surface area contributed by atoms with Crippen molar-refractivity contribution in [2.24, 2.45) is 0 Å². The molecule has 5 rings (SSSR count). The van der Waals surface area contributed by atoms with Crippen molar-refractivity contribution in [3.05, 3.63) is 76.7 Å². The van der Waals surface area contributed by atoms with E-state index in [1.165, 1.54) is 0 Å². The largest absolute Gasteiger partial charge is 0.493 e. The Morgan fingerprint density at radius 1 is 1.06 bits per heavy atom. The summed E-state index contributed by atoms with van der Waals surface area (Å²) in [6, 6.07) is 13.8. The molecule has 2 aromatic heterocycles. The number of benzene rings is 2. The highest BCUT2D eigenvalue weighted by Crippen LogP contribution is 2.37. The number of hydrogen-bond donors (Lipinski definition) is 0. The van der Waals surface area contributed by atoms with Crippen LogP contribution < -0.4 is 9.47 Å². The minimum Gasteiger partial charge on any atom is -0.493 e. The van der Waals surface area contributed by atoms with Crippen molar-refractivity contribution in [1.29, 1.82) is 0 Å². The summed E-state index contributed by atoms with van der Waals surface area (Å²) in [5.41, 5.74) is 1.21. The Labute approximate surface area is 211 Å². The van der Waals surface area contributed by atoms with Gasteiger partial charge >= 0.3 is 6.18 Å². The number of fused-ring (bicyclic) bond motifs is 1. The molecule has 0 unspecified atom stereocenters. The average molecular weight is 514 g/mol. The minimum absolute atomic E-state index is 0.130. The molecule has 1 aliphatic rings. The molecular formula is C27H23ClF3N3O2. The predicted octanol–water partition coefficient (Wildman–Crippen LogP) is 7.59. The number of pyridine rings is 1. The van der Waals surface area contributed by atoms with Crippen molar-refractivity contribution in [2.45, 2.75) is 38.0 Å².